The third-order valence-corrected chi connectivity index (χ3v) is 5.49. The van der Waals surface area contributed by atoms with E-state index < -0.39 is 0 Å². The van der Waals surface area contributed by atoms with Gasteiger partial charge < -0.3 is 23.8 Å². The molecule has 2 heterocycles. The fourth-order valence-corrected chi connectivity index (χ4v) is 3.58. The molecule has 2 saturated heterocycles. The number of rotatable bonds is 11. The van der Waals surface area contributed by atoms with Gasteiger partial charge >= 0.3 is 6.09 Å². The minimum atomic E-state index is -0.207. The van der Waals surface area contributed by atoms with Crippen molar-refractivity contribution in [2.24, 2.45) is 5.92 Å². The Hall–Kier alpha value is -1.38. The Morgan fingerprint density at radius 3 is 2.52 bits per heavy atom. The van der Waals surface area contributed by atoms with E-state index in [2.05, 4.69) is 13.8 Å². The van der Waals surface area contributed by atoms with E-state index in [-0.39, 0.29) is 30.7 Å². The van der Waals surface area contributed by atoms with Gasteiger partial charge in [0.2, 0.25) is 5.91 Å². The van der Waals surface area contributed by atoms with Crippen molar-refractivity contribution in [3.8, 4) is 0 Å². The van der Waals surface area contributed by atoms with Crippen LogP contribution >= 0.6 is 0 Å². The maximum absolute atomic E-state index is 12.3. The highest BCUT2D eigenvalue weighted by Crippen LogP contribution is 2.28. The van der Waals surface area contributed by atoms with Gasteiger partial charge in [-0.2, -0.15) is 0 Å². The predicted octanol–water partition coefficient (Wildman–Crippen LogP) is 1.52. The van der Waals surface area contributed by atoms with Crippen molar-refractivity contribution in [1.82, 2.24) is 9.80 Å². The van der Waals surface area contributed by atoms with E-state index in [4.69, 9.17) is 18.9 Å². The molecule has 0 bridgehead atoms. The summed E-state index contributed by atoms with van der Waals surface area (Å²) < 4.78 is 20.9. The Morgan fingerprint density at radius 1 is 1.19 bits per heavy atom. The Labute approximate surface area is 162 Å². The van der Waals surface area contributed by atoms with Gasteiger partial charge in [0.15, 0.2) is 0 Å². The van der Waals surface area contributed by atoms with E-state index in [0.717, 1.165) is 19.3 Å². The number of nitrogens with zero attached hydrogens (tertiary/aromatic N) is 2. The molecule has 0 aromatic rings. The Balaban J connectivity index is 1.68. The first kappa shape index (κ1) is 21.9. The number of hydrogen-bond acceptors (Lipinski definition) is 6. The molecule has 2 rings (SSSR count). The van der Waals surface area contributed by atoms with Crippen molar-refractivity contribution in [2.75, 3.05) is 59.8 Å². The van der Waals surface area contributed by atoms with Gasteiger partial charge in [-0.1, -0.05) is 20.3 Å². The van der Waals surface area contributed by atoms with E-state index in [9.17, 15) is 9.59 Å². The second-order valence-corrected chi connectivity index (χ2v) is 7.21. The average Bonchev–Trinajstić information content (AvgIpc) is 3.08. The summed E-state index contributed by atoms with van der Waals surface area (Å²) in [5, 5.41) is 0. The summed E-state index contributed by atoms with van der Waals surface area (Å²) in [7, 11) is 1.62. The zero-order valence-corrected chi connectivity index (χ0v) is 16.9. The molecule has 8 heteroatoms. The molecule has 0 aliphatic carbocycles. The summed E-state index contributed by atoms with van der Waals surface area (Å²) in [5.41, 5.74) is 0. The highest BCUT2D eigenvalue weighted by Gasteiger charge is 2.41. The Bertz CT molecular complexity index is 467. The summed E-state index contributed by atoms with van der Waals surface area (Å²) in [6.45, 7) is 8.06. The number of ether oxygens (including phenoxy) is 4. The number of carbonyl (C=O) groups excluding carboxylic acids is 2. The lowest BCUT2D eigenvalue weighted by Crippen LogP contribution is -2.51. The van der Waals surface area contributed by atoms with Crippen molar-refractivity contribution in [3.05, 3.63) is 0 Å². The van der Waals surface area contributed by atoms with Crippen LogP contribution in [0.15, 0.2) is 0 Å². The van der Waals surface area contributed by atoms with Crippen LogP contribution in [-0.4, -0.2) is 93.7 Å². The zero-order valence-electron chi connectivity index (χ0n) is 16.9. The van der Waals surface area contributed by atoms with Gasteiger partial charge in [0, 0.05) is 26.2 Å². The van der Waals surface area contributed by atoms with Gasteiger partial charge in [0.1, 0.15) is 13.2 Å². The van der Waals surface area contributed by atoms with Crippen LogP contribution in [0.25, 0.3) is 0 Å². The van der Waals surface area contributed by atoms with Gasteiger partial charge in [0.25, 0.3) is 0 Å². The summed E-state index contributed by atoms with van der Waals surface area (Å²) in [5.74, 6) is 0.406. The number of amides is 2. The summed E-state index contributed by atoms with van der Waals surface area (Å²) in [4.78, 5) is 28.2. The quantitative estimate of drug-likeness (QED) is 0.501. The molecule has 2 atom stereocenters. The number of cyclic esters (lactones) is 1. The lowest BCUT2D eigenvalue weighted by atomic mass is 9.95. The number of methoxy groups -OCH3 is 1. The molecule has 0 spiro atoms. The third kappa shape index (κ3) is 6.33. The van der Waals surface area contributed by atoms with Crippen LogP contribution in [0.4, 0.5) is 4.79 Å². The van der Waals surface area contributed by atoms with Crippen molar-refractivity contribution in [3.63, 3.8) is 0 Å². The summed E-state index contributed by atoms with van der Waals surface area (Å²) >= 11 is 0. The molecule has 2 amide bonds. The van der Waals surface area contributed by atoms with E-state index >= 15 is 0 Å². The van der Waals surface area contributed by atoms with Crippen LogP contribution in [0.5, 0.6) is 0 Å². The topological polar surface area (TPSA) is 77.5 Å². The second-order valence-electron chi connectivity index (χ2n) is 7.21. The molecule has 2 aliphatic rings. The highest BCUT2D eigenvalue weighted by molar-refractivity contribution is 5.77. The van der Waals surface area contributed by atoms with E-state index in [1.165, 1.54) is 0 Å². The van der Waals surface area contributed by atoms with Crippen molar-refractivity contribution in [1.29, 1.82) is 0 Å². The van der Waals surface area contributed by atoms with Crippen LogP contribution in [0.2, 0.25) is 0 Å². The molecule has 27 heavy (non-hydrogen) atoms. The van der Waals surface area contributed by atoms with E-state index in [1.807, 2.05) is 9.80 Å². The van der Waals surface area contributed by atoms with Crippen molar-refractivity contribution < 1.29 is 28.5 Å². The normalized spacial score (nSPS) is 22.2. The zero-order chi connectivity index (χ0) is 19.6. The smallest absolute Gasteiger partial charge is 0.410 e. The van der Waals surface area contributed by atoms with Crippen LogP contribution in [-0.2, 0) is 23.7 Å². The molecule has 8 nitrogen and oxygen atoms in total. The molecule has 0 saturated carbocycles. The molecular formula is C19H34N2O6. The monoisotopic (exact) mass is 386 g/mol. The maximum atomic E-state index is 12.3. The minimum absolute atomic E-state index is 0.00665. The second kappa shape index (κ2) is 11.5. The summed E-state index contributed by atoms with van der Waals surface area (Å²) in [6.07, 6.45) is 2.38. The molecular weight excluding hydrogens is 352 g/mol. The van der Waals surface area contributed by atoms with Gasteiger partial charge in [-0.3, -0.25) is 9.69 Å². The molecule has 0 radical (unpaired) electrons. The lowest BCUT2D eigenvalue weighted by Gasteiger charge is -2.39. The van der Waals surface area contributed by atoms with Gasteiger partial charge in [-0.15, -0.1) is 0 Å². The number of likely N-dealkylation sites (tertiary alicyclic amines) is 1. The molecule has 0 aromatic heterocycles. The van der Waals surface area contributed by atoms with Gasteiger partial charge in [-0.25, -0.2) is 4.79 Å². The molecule has 2 fully saturated rings. The van der Waals surface area contributed by atoms with Crippen molar-refractivity contribution >= 4 is 12.0 Å². The molecule has 0 N–H and O–H groups in total. The number of hydrogen-bond donors (Lipinski definition) is 0. The van der Waals surface area contributed by atoms with Crippen molar-refractivity contribution in [2.45, 2.75) is 45.2 Å². The van der Waals surface area contributed by atoms with E-state index in [0.29, 0.717) is 52.0 Å². The predicted molar refractivity (Wildman–Crippen MR) is 99.5 cm³/mol. The molecule has 2 unspecified atom stereocenters. The standard InChI is InChI=1S/C19H34N2O6/c1-4-15(2)17-13-27-19(23)21(17)16-5-7-20(8-6-16)18(22)14-26-12-11-25-10-9-24-3/h15-17H,4-14H2,1-3H3. The molecule has 0 aromatic carbocycles. The van der Waals surface area contributed by atoms with Crippen LogP contribution in [0, 0.1) is 5.92 Å². The third-order valence-electron chi connectivity index (χ3n) is 5.49. The number of piperidine rings is 1. The molecule has 156 valence electrons. The fraction of sp³-hybridized carbons (Fsp3) is 0.895. The first-order chi connectivity index (χ1) is 13.1. The Morgan fingerprint density at radius 2 is 1.85 bits per heavy atom. The number of carbonyl (C=O) groups is 2. The van der Waals surface area contributed by atoms with Crippen LogP contribution < -0.4 is 0 Å². The van der Waals surface area contributed by atoms with E-state index in [1.54, 1.807) is 7.11 Å². The maximum Gasteiger partial charge on any atom is 0.410 e. The van der Waals surface area contributed by atoms with Gasteiger partial charge in [0.05, 0.1) is 32.5 Å². The average molecular weight is 386 g/mol. The SMILES string of the molecule is CCC(C)C1COC(=O)N1C1CCN(C(=O)COCCOCCOC)CC1. The highest BCUT2D eigenvalue weighted by atomic mass is 16.6. The Kier molecular flexibility index (Phi) is 9.30. The molecule has 2 aliphatic heterocycles. The summed E-state index contributed by atoms with van der Waals surface area (Å²) in [6, 6.07) is 0.300. The lowest BCUT2D eigenvalue weighted by molar-refractivity contribution is -0.138. The fourth-order valence-electron chi connectivity index (χ4n) is 3.58. The first-order valence-corrected chi connectivity index (χ1v) is 9.95. The van der Waals surface area contributed by atoms with Gasteiger partial charge in [-0.05, 0) is 18.8 Å². The minimum Gasteiger partial charge on any atom is -0.447 e. The first-order valence-electron chi connectivity index (χ1n) is 9.95. The van der Waals surface area contributed by atoms with Crippen LogP contribution in [0.1, 0.15) is 33.1 Å². The largest absolute Gasteiger partial charge is 0.447 e. The van der Waals surface area contributed by atoms with Crippen LogP contribution in [0.3, 0.4) is 0 Å².